The van der Waals surface area contributed by atoms with Crippen molar-refractivity contribution in [1.82, 2.24) is 0 Å². The molecule has 1 saturated carbocycles. The van der Waals surface area contributed by atoms with Gasteiger partial charge in [-0.2, -0.15) is 0 Å². The van der Waals surface area contributed by atoms with Crippen LogP contribution < -0.4 is 0 Å². The van der Waals surface area contributed by atoms with Crippen LogP contribution in [0.5, 0.6) is 0 Å². The molecule has 1 fully saturated rings. The SMILES string of the molecule is C/C=C(/OC)C(Cl)=C1CCCCC1. The van der Waals surface area contributed by atoms with Gasteiger partial charge < -0.3 is 4.74 Å². The third-order valence-electron chi connectivity index (χ3n) is 2.47. The van der Waals surface area contributed by atoms with Crippen molar-refractivity contribution in [2.75, 3.05) is 7.11 Å². The second-order valence-electron chi connectivity index (χ2n) is 3.34. The molecule has 0 bridgehead atoms. The largest absolute Gasteiger partial charge is 0.496 e. The van der Waals surface area contributed by atoms with Crippen molar-refractivity contribution in [2.45, 2.75) is 39.0 Å². The highest BCUT2D eigenvalue weighted by Crippen LogP contribution is 2.31. The summed E-state index contributed by atoms with van der Waals surface area (Å²) in [5.41, 5.74) is 1.36. The Morgan fingerprint density at radius 3 is 2.38 bits per heavy atom. The van der Waals surface area contributed by atoms with Crippen molar-refractivity contribution in [1.29, 1.82) is 0 Å². The molecule has 0 aromatic rings. The molecule has 0 saturated heterocycles. The second-order valence-corrected chi connectivity index (χ2v) is 3.71. The summed E-state index contributed by atoms with van der Waals surface area (Å²) < 4.78 is 5.19. The molecule has 0 aromatic carbocycles. The fourth-order valence-electron chi connectivity index (χ4n) is 1.71. The summed E-state index contributed by atoms with van der Waals surface area (Å²) in [6, 6.07) is 0. The first-order valence-electron chi connectivity index (χ1n) is 4.87. The van der Waals surface area contributed by atoms with Crippen LogP contribution in [0, 0.1) is 0 Å². The Hall–Kier alpha value is -0.430. The van der Waals surface area contributed by atoms with Crippen LogP contribution in [0.15, 0.2) is 22.4 Å². The van der Waals surface area contributed by atoms with E-state index in [-0.39, 0.29) is 0 Å². The van der Waals surface area contributed by atoms with Crippen LogP contribution >= 0.6 is 11.6 Å². The quantitative estimate of drug-likeness (QED) is 0.613. The molecule has 0 radical (unpaired) electrons. The fourth-order valence-corrected chi connectivity index (χ4v) is 2.08. The molecule has 74 valence electrons. The van der Waals surface area contributed by atoms with Gasteiger partial charge in [-0.1, -0.05) is 18.0 Å². The van der Waals surface area contributed by atoms with Gasteiger partial charge in [0.25, 0.3) is 0 Å². The van der Waals surface area contributed by atoms with Gasteiger partial charge in [-0.3, -0.25) is 0 Å². The number of methoxy groups -OCH3 is 1. The lowest BCUT2D eigenvalue weighted by molar-refractivity contribution is 0.302. The number of halogens is 1. The molecule has 2 heteroatoms. The Bertz CT molecular complexity index is 220. The minimum absolute atomic E-state index is 0.818. The second kappa shape index (κ2) is 5.33. The maximum Gasteiger partial charge on any atom is 0.133 e. The van der Waals surface area contributed by atoms with E-state index in [1.165, 1.54) is 24.8 Å². The lowest BCUT2D eigenvalue weighted by Gasteiger charge is -2.16. The van der Waals surface area contributed by atoms with E-state index in [1.807, 2.05) is 13.0 Å². The monoisotopic (exact) mass is 200 g/mol. The highest BCUT2D eigenvalue weighted by Gasteiger charge is 2.12. The predicted octanol–water partition coefficient (Wildman–Crippen LogP) is 3.99. The van der Waals surface area contributed by atoms with Gasteiger partial charge in [0.05, 0.1) is 12.1 Å². The van der Waals surface area contributed by atoms with Crippen molar-refractivity contribution in [2.24, 2.45) is 0 Å². The van der Waals surface area contributed by atoms with Gasteiger partial charge in [0.15, 0.2) is 0 Å². The minimum Gasteiger partial charge on any atom is -0.496 e. The van der Waals surface area contributed by atoms with E-state index in [4.69, 9.17) is 16.3 Å². The highest BCUT2D eigenvalue weighted by atomic mass is 35.5. The third kappa shape index (κ3) is 2.77. The number of hydrogen-bond donors (Lipinski definition) is 0. The molecule has 1 rings (SSSR count). The standard InChI is InChI=1S/C11H17ClO/c1-3-10(13-2)11(12)9-7-5-4-6-8-9/h3H,4-8H2,1-2H3/b10-3+. The van der Waals surface area contributed by atoms with E-state index in [0.717, 1.165) is 23.6 Å². The van der Waals surface area contributed by atoms with Gasteiger partial charge >= 0.3 is 0 Å². The number of rotatable bonds is 2. The summed E-state index contributed by atoms with van der Waals surface area (Å²) in [4.78, 5) is 0. The van der Waals surface area contributed by atoms with Crippen molar-refractivity contribution in [3.05, 3.63) is 22.4 Å². The molecule has 1 aliphatic carbocycles. The van der Waals surface area contributed by atoms with E-state index in [9.17, 15) is 0 Å². The van der Waals surface area contributed by atoms with Crippen LogP contribution in [0.4, 0.5) is 0 Å². The molecule has 0 spiro atoms. The van der Waals surface area contributed by atoms with Gasteiger partial charge in [-0.15, -0.1) is 0 Å². The van der Waals surface area contributed by atoms with Crippen LogP contribution in [0.1, 0.15) is 39.0 Å². The highest BCUT2D eigenvalue weighted by molar-refractivity contribution is 6.32. The van der Waals surface area contributed by atoms with Crippen LogP contribution in [0.25, 0.3) is 0 Å². The van der Waals surface area contributed by atoms with E-state index in [2.05, 4.69) is 0 Å². The Kier molecular flexibility index (Phi) is 4.37. The number of allylic oxidation sites excluding steroid dienone is 3. The fraction of sp³-hybridized carbons (Fsp3) is 0.636. The summed E-state index contributed by atoms with van der Waals surface area (Å²) in [5.74, 6) is 0.818. The first kappa shape index (κ1) is 10.6. The molecule has 0 aromatic heterocycles. The van der Waals surface area contributed by atoms with Crippen LogP contribution in [-0.4, -0.2) is 7.11 Å². The summed E-state index contributed by atoms with van der Waals surface area (Å²) in [7, 11) is 1.67. The maximum atomic E-state index is 6.21. The van der Waals surface area contributed by atoms with Gasteiger partial charge in [-0.05, 0) is 44.3 Å². The lowest BCUT2D eigenvalue weighted by Crippen LogP contribution is -1.98. The smallest absolute Gasteiger partial charge is 0.133 e. The third-order valence-corrected chi connectivity index (χ3v) is 2.92. The molecule has 0 aliphatic heterocycles. The van der Waals surface area contributed by atoms with Crippen molar-refractivity contribution in [3.8, 4) is 0 Å². The first-order chi connectivity index (χ1) is 6.29. The van der Waals surface area contributed by atoms with E-state index < -0.39 is 0 Å². The predicted molar refractivity (Wildman–Crippen MR) is 56.7 cm³/mol. The molecule has 0 heterocycles. The topological polar surface area (TPSA) is 9.23 Å². The summed E-state index contributed by atoms with van der Waals surface area (Å²) in [6.45, 7) is 1.95. The van der Waals surface area contributed by atoms with Crippen LogP contribution in [-0.2, 0) is 4.74 Å². The molecule has 0 N–H and O–H groups in total. The minimum atomic E-state index is 0.818. The Morgan fingerprint density at radius 1 is 1.31 bits per heavy atom. The zero-order valence-corrected chi connectivity index (χ0v) is 9.16. The van der Waals surface area contributed by atoms with Crippen molar-refractivity contribution >= 4 is 11.6 Å². The van der Waals surface area contributed by atoms with Crippen LogP contribution in [0.3, 0.4) is 0 Å². The Labute approximate surface area is 85.4 Å². The van der Waals surface area contributed by atoms with E-state index in [0.29, 0.717) is 0 Å². The summed E-state index contributed by atoms with van der Waals surface area (Å²) >= 11 is 6.21. The van der Waals surface area contributed by atoms with Gasteiger partial charge in [-0.25, -0.2) is 0 Å². The maximum absolute atomic E-state index is 6.21. The first-order valence-corrected chi connectivity index (χ1v) is 5.25. The molecular weight excluding hydrogens is 184 g/mol. The average molecular weight is 201 g/mol. The van der Waals surface area contributed by atoms with Gasteiger partial charge in [0, 0.05) is 0 Å². The van der Waals surface area contributed by atoms with Gasteiger partial charge in [0.2, 0.25) is 0 Å². The summed E-state index contributed by atoms with van der Waals surface area (Å²) in [5, 5.41) is 0.838. The molecule has 1 nitrogen and oxygen atoms in total. The van der Waals surface area contributed by atoms with Gasteiger partial charge in [0.1, 0.15) is 5.76 Å². The van der Waals surface area contributed by atoms with E-state index >= 15 is 0 Å². The normalized spacial score (nSPS) is 18.7. The van der Waals surface area contributed by atoms with Crippen molar-refractivity contribution in [3.63, 3.8) is 0 Å². The number of ether oxygens (including phenoxy) is 1. The van der Waals surface area contributed by atoms with E-state index in [1.54, 1.807) is 7.11 Å². The molecular formula is C11H17ClO. The summed E-state index contributed by atoms with van der Waals surface area (Å²) in [6.07, 6.45) is 8.08. The molecule has 13 heavy (non-hydrogen) atoms. The van der Waals surface area contributed by atoms with Crippen molar-refractivity contribution < 1.29 is 4.74 Å². The zero-order chi connectivity index (χ0) is 9.68. The Morgan fingerprint density at radius 2 is 1.92 bits per heavy atom. The lowest BCUT2D eigenvalue weighted by atomic mass is 9.94. The molecule has 0 atom stereocenters. The Balaban J connectivity index is 2.76. The number of hydrogen-bond acceptors (Lipinski definition) is 1. The van der Waals surface area contributed by atoms with Crippen LogP contribution in [0.2, 0.25) is 0 Å². The average Bonchev–Trinajstić information content (AvgIpc) is 2.21. The molecule has 0 unspecified atom stereocenters. The molecule has 0 amide bonds. The molecule has 1 aliphatic rings. The zero-order valence-electron chi connectivity index (χ0n) is 8.40.